The number of benzene rings is 2. The van der Waals surface area contributed by atoms with Gasteiger partial charge in [0.05, 0.1) is 5.69 Å². The van der Waals surface area contributed by atoms with E-state index in [0.717, 1.165) is 22.3 Å². The molecule has 0 spiro atoms. The van der Waals surface area contributed by atoms with Crippen molar-refractivity contribution in [1.82, 2.24) is 9.88 Å². The van der Waals surface area contributed by atoms with E-state index in [-0.39, 0.29) is 5.56 Å². The van der Waals surface area contributed by atoms with Crippen LogP contribution in [-0.4, -0.2) is 28.2 Å². The van der Waals surface area contributed by atoms with E-state index in [0.29, 0.717) is 36.8 Å². The average Bonchev–Trinajstić information content (AvgIpc) is 2.82. The molecule has 3 aromatic rings. The van der Waals surface area contributed by atoms with Crippen LogP contribution in [0, 0.1) is 12.8 Å². The second-order valence-corrected chi connectivity index (χ2v) is 9.27. The van der Waals surface area contributed by atoms with Crippen molar-refractivity contribution in [2.24, 2.45) is 5.92 Å². The van der Waals surface area contributed by atoms with Gasteiger partial charge in [0.25, 0.3) is 5.56 Å². The first kappa shape index (κ1) is 26.0. The van der Waals surface area contributed by atoms with Crippen LogP contribution in [-0.2, 0) is 11.2 Å². The lowest BCUT2D eigenvalue weighted by atomic mass is 9.97. The number of nitrogen functional groups attached to an aromatic ring is 1. The summed E-state index contributed by atoms with van der Waals surface area (Å²) in [7, 11) is 0. The highest BCUT2D eigenvalue weighted by atomic mass is 16.4. The van der Waals surface area contributed by atoms with Crippen LogP contribution >= 0.6 is 0 Å². The Bertz CT molecular complexity index is 1240. The SMILES string of the molecule is C/C=C(/c1ccc(C)cc1)c1ccc(=O)n(-c2ccc(CCN[C@@H](CC(C)C)C(=O)O)cc2)c1N. The molecule has 0 saturated heterocycles. The molecule has 2 aromatic carbocycles. The fraction of sp³-hybridized carbons (Fsp3) is 0.310. The fourth-order valence-corrected chi connectivity index (χ4v) is 4.20. The maximum atomic E-state index is 12.8. The minimum atomic E-state index is -0.824. The topological polar surface area (TPSA) is 97.3 Å². The lowest BCUT2D eigenvalue weighted by Crippen LogP contribution is -2.38. The van der Waals surface area contributed by atoms with E-state index < -0.39 is 12.0 Å². The van der Waals surface area contributed by atoms with E-state index in [2.05, 4.69) is 29.6 Å². The third-order valence-corrected chi connectivity index (χ3v) is 6.08. The van der Waals surface area contributed by atoms with E-state index in [1.54, 1.807) is 12.1 Å². The van der Waals surface area contributed by atoms with E-state index in [9.17, 15) is 14.7 Å². The number of aromatic nitrogens is 1. The molecule has 3 rings (SSSR count). The molecule has 0 aliphatic rings. The number of nitrogens with one attached hydrogen (secondary N) is 1. The van der Waals surface area contributed by atoms with Crippen molar-refractivity contribution in [1.29, 1.82) is 0 Å². The standard InChI is InChI=1S/C29H35N3O3/c1-5-24(22-10-6-20(4)7-11-22)25-14-15-27(33)32(28(25)30)23-12-8-21(9-13-23)16-17-31-26(29(34)35)18-19(2)3/h5-15,19,26,31H,16-18,30H2,1-4H3,(H,34,35)/b24-5-/t26-/m0/s1. The van der Waals surface area contributed by atoms with Crippen molar-refractivity contribution >= 4 is 17.4 Å². The second kappa shape index (κ2) is 11.7. The van der Waals surface area contributed by atoms with Crippen LogP contribution in [0.15, 0.2) is 71.5 Å². The number of allylic oxidation sites excluding steroid dienone is 1. The molecular weight excluding hydrogens is 438 g/mol. The van der Waals surface area contributed by atoms with Crippen molar-refractivity contribution in [2.45, 2.75) is 46.6 Å². The maximum absolute atomic E-state index is 12.8. The van der Waals surface area contributed by atoms with Crippen LogP contribution in [0.2, 0.25) is 0 Å². The van der Waals surface area contributed by atoms with Crippen LogP contribution in [0.1, 0.15) is 49.4 Å². The fourth-order valence-electron chi connectivity index (χ4n) is 4.20. The van der Waals surface area contributed by atoms with Crippen molar-refractivity contribution < 1.29 is 9.90 Å². The highest BCUT2D eigenvalue weighted by Crippen LogP contribution is 2.28. The molecule has 0 aliphatic carbocycles. The molecule has 0 amide bonds. The summed E-state index contributed by atoms with van der Waals surface area (Å²) in [4.78, 5) is 24.2. The zero-order chi connectivity index (χ0) is 25.5. The van der Waals surface area contributed by atoms with Crippen LogP contribution < -0.4 is 16.6 Å². The van der Waals surface area contributed by atoms with Gasteiger partial charge in [-0.3, -0.25) is 14.2 Å². The molecule has 4 N–H and O–H groups in total. The number of nitrogens with zero attached hydrogens (tertiary/aromatic N) is 1. The Morgan fingerprint density at radius 3 is 2.29 bits per heavy atom. The van der Waals surface area contributed by atoms with Crippen LogP contribution in [0.3, 0.4) is 0 Å². The third kappa shape index (κ3) is 6.49. The minimum absolute atomic E-state index is 0.196. The quantitative estimate of drug-likeness (QED) is 0.393. The summed E-state index contributed by atoms with van der Waals surface area (Å²) in [5.74, 6) is -0.134. The summed E-state index contributed by atoms with van der Waals surface area (Å²) < 4.78 is 1.53. The number of rotatable bonds is 10. The zero-order valence-electron chi connectivity index (χ0n) is 20.9. The second-order valence-electron chi connectivity index (χ2n) is 9.27. The van der Waals surface area contributed by atoms with E-state index >= 15 is 0 Å². The van der Waals surface area contributed by atoms with Gasteiger partial charge in [-0.05, 0) is 74.1 Å². The Morgan fingerprint density at radius 1 is 1.06 bits per heavy atom. The summed E-state index contributed by atoms with van der Waals surface area (Å²) in [6.45, 7) is 8.59. The molecule has 1 heterocycles. The van der Waals surface area contributed by atoms with E-state index in [1.165, 1.54) is 10.1 Å². The Hall–Kier alpha value is -3.64. The van der Waals surface area contributed by atoms with Crippen molar-refractivity contribution in [2.75, 3.05) is 12.3 Å². The molecule has 184 valence electrons. The van der Waals surface area contributed by atoms with Gasteiger partial charge in [-0.1, -0.05) is 61.9 Å². The number of aryl methyl sites for hydroxylation is 1. The minimum Gasteiger partial charge on any atom is -0.480 e. The molecule has 6 heteroatoms. The molecule has 6 nitrogen and oxygen atoms in total. The maximum Gasteiger partial charge on any atom is 0.320 e. The first-order valence-corrected chi connectivity index (χ1v) is 12.0. The normalized spacial score (nSPS) is 12.7. The lowest BCUT2D eigenvalue weighted by molar-refractivity contribution is -0.139. The van der Waals surface area contributed by atoms with Gasteiger partial charge in [-0.25, -0.2) is 0 Å². The van der Waals surface area contributed by atoms with Gasteiger partial charge < -0.3 is 16.2 Å². The molecule has 0 radical (unpaired) electrons. The van der Waals surface area contributed by atoms with Crippen molar-refractivity contribution in [3.8, 4) is 5.69 Å². The number of carboxylic acids is 1. The van der Waals surface area contributed by atoms with Crippen LogP contribution in [0.4, 0.5) is 5.82 Å². The Labute approximate surface area is 207 Å². The molecule has 1 aromatic heterocycles. The monoisotopic (exact) mass is 473 g/mol. The molecule has 0 bridgehead atoms. The number of carbonyl (C=O) groups is 1. The first-order chi connectivity index (χ1) is 16.7. The van der Waals surface area contributed by atoms with Gasteiger partial charge in [0.1, 0.15) is 11.9 Å². The number of nitrogens with two attached hydrogens (primary N) is 1. The lowest BCUT2D eigenvalue weighted by Gasteiger charge is -2.17. The summed E-state index contributed by atoms with van der Waals surface area (Å²) in [6, 6.07) is 18.6. The number of pyridine rings is 1. The predicted octanol–water partition coefficient (Wildman–Crippen LogP) is 4.81. The number of hydrogen-bond donors (Lipinski definition) is 3. The van der Waals surface area contributed by atoms with Crippen molar-refractivity contribution in [3.05, 3.63) is 99.3 Å². The van der Waals surface area contributed by atoms with E-state index in [1.807, 2.05) is 58.0 Å². The average molecular weight is 474 g/mol. The van der Waals surface area contributed by atoms with E-state index in [4.69, 9.17) is 5.73 Å². The van der Waals surface area contributed by atoms with Gasteiger partial charge >= 0.3 is 5.97 Å². The molecule has 0 unspecified atom stereocenters. The summed E-state index contributed by atoms with van der Waals surface area (Å²) in [5.41, 5.74) is 12.1. The largest absolute Gasteiger partial charge is 0.480 e. The molecule has 1 atom stereocenters. The number of aliphatic carboxylic acids is 1. The van der Waals surface area contributed by atoms with Gasteiger partial charge in [-0.2, -0.15) is 0 Å². The molecule has 0 fully saturated rings. The van der Waals surface area contributed by atoms with Gasteiger partial charge in [0.15, 0.2) is 0 Å². The Morgan fingerprint density at radius 2 is 1.71 bits per heavy atom. The summed E-state index contributed by atoms with van der Waals surface area (Å²) in [5, 5.41) is 12.5. The Kier molecular flexibility index (Phi) is 8.66. The number of hydrogen-bond acceptors (Lipinski definition) is 4. The smallest absolute Gasteiger partial charge is 0.320 e. The molecule has 0 aliphatic heterocycles. The van der Waals surface area contributed by atoms with Gasteiger partial charge in [0, 0.05) is 11.6 Å². The molecule has 0 saturated carbocycles. The predicted molar refractivity (Wildman–Crippen MR) is 143 cm³/mol. The highest BCUT2D eigenvalue weighted by molar-refractivity contribution is 5.84. The molecular formula is C29H35N3O3. The number of carboxylic acid groups (broad SMARTS) is 1. The van der Waals surface area contributed by atoms with Gasteiger partial charge in [0.2, 0.25) is 0 Å². The Balaban J connectivity index is 1.81. The van der Waals surface area contributed by atoms with Crippen molar-refractivity contribution in [3.63, 3.8) is 0 Å². The number of anilines is 1. The zero-order valence-corrected chi connectivity index (χ0v) is 20.9. The summed E-state index contributed by atoms with van der Waals surface area (Å²) >= 11 is 0. The molecule has 35 heavy (non-hydrogen) atoms. The van der Waals surface area contributed by atoms with Gasteiger partial charge in [-0.15, -0.1) is 0 Å². The van der Waals surface area contributed by atoms with Crippen LogP contribution in [0.5, 0.6) is 0 Å². The summed E-state index contributed by atoms with van der Waals surface area (Å²) in [6.07, 6.45) is 3.28. The van der Waals surface area contributed by atoms with Crippen LogP contribution in [0.25, 0.3) is 11.3 Å². The first-order valence-electron chi connectivity index (χ1n) is 12.0. The highest BCUT2D eigenvalue weighted by Gasteiger charge is 2.18. The third-order valence-electron chi connectivity index (χ3n) is 6.08.